The first-order valence-corrected chi connectivity index (χ1v) is 6.94. The lowest BCUT2D eigenvalue weighted by atomic mass is 10.1. The Balaban J connectivity index is 2.57. The number of halogens is 3. The summed E-state index contributed by atoms with van der Waals surface area (Å²) in [5.41, 5.74) is 0.0514. The summed E-state index contributed by atoms with van der Waals surface area (Å²) in [6.45, 7) is 0.587. The molecular formula is C13H16BrF2NO. The van der Waals surface area contributed by atoms with Crippen LogP contribution in [0.1, 0.15) is 29.6 Å². The van der Waals surface area contributed by atoms with E-state index in [1.807, 2.05) is 0 Å². The Bertz CT molecular complexity index is 392. The van der Waals surface area contributed by atoms with E-state index in [-0.39, 0.29) is 11.5 Å². The van der Waals surface area contributed by atoms with E-state index in [1.165, 1.54) is 4.90 Å². The van der Waals surface area contributed by atoms with Gasteiger partial charge in [-0.25, -0.2) is 8.78 Å². The summed E-state index contributed by atoms with van der Waals surface area (Å²) in [6.07, 6.45) is 2.95. The van der Waals surface area contributed by atoms with Crippen LogP contribution in [0.5, 0.6) is 0 Å². The molecule has 18 heavy (non-hydrogen) atoms. The van der Waals surface area contributed by atoms with Crippen LogP contribution in [0.3, 0.4) is 0 Å². The highest BCUT2D eigenvalue weighted by Crippen LogP contribution is 2.11. The molecule has 0 bridgehead atoms. The quantitative estimate of drug-likeness (QED) is 0.579. The summed E-state index contributed by atoms with van der Waals surface area (Å²) in [4.78, 5) is 13.4. The van der Waals surface area contributed by atoms with Crippen molar-refractivity contribution < 1.29 is 13.6 Å². The number of rotatable bonds is 6. The number of hydrogen-bond acceptors (Lipinski definition) is 1. The molecule has 0 N–H and O–H groups in total. The van der Waals surface area contributed by atoms with E-state index in [0.717, 1.165) is 42.8 Å². The second-order valence-corrected chi connectivity index (χ2v) is 4.93. The van der Waals surface area contributed by atoms with E-state index in [0.29, 0.717) is 6.54 Å². The van der Waals surface area contributed by atoms with E-state index in [4.69, 9.17) is 0 Å². The number of carbonyl (C=O) groups excluding carboxylic acids is 1. The Hall–Kier alpha value is -0.970. The molecule has 0 aromatic heterocycles. The largest absolute Gasteiger partial charge is 0.342 e. The lowest BCUT2D eigenvalue weighted by Crippen LogP contribution is -2.27. The molecule has 1 amide bonds. The molecule has 0 atom stereocenters. The number of unbranched alkanes of at least 4 members (excludes halogenated alkanes) is 2. The summed E-state index contributed by atoms with van der Waals surface area (Å²) in [7, 11) is 1.64. The van der Waals surface area contributed by atoms with Crippen LogP contribution in [0, 0.1) is 11.6 Å². The molecule has 1 rings (SSSR count). The highest BCUT2D eigenvalue weighted by atomic mass is 79.9. The molecule has 2 nitrogen and oxygen atoms in total. The first kappa shape index (κ1) is 15.1. The normalized spacial score (nSPS) is 10.4. The summed E-state index contributed by atoms with van der Waals surface area (Å²) < 4.78 is 26.0. The number of hydrogen-bond donors (Lipinski definition) is 0. The van der Waals surface area contributed by atoms with E-state index in [9.17, 15) is 13.6 Å². The maximum atomic E-state index is 13.0. The Morgan fingerprint density at radius 3 is 2.33 bits per heavy atom. The van der Waals surface area contributed by atoms with Gasteiger partial charge in [-0.3, -0.25) is 4.79 Å². The lowest BCUT2D eigenvalue weighted by Gasteiger charge is -2.17. The average molecular weight is 320 g/mol. The minimum atomic E-state index is -0.731. The molecule has 0 spiro atoms. The highest BCUT2D eigenvalue weighted by Gasteiger charge is 2.13. The van der Waals surface area contributed by atoms with Crippen molar-refractivity contribution in [3.05, 3.63) is 35.4 Å². The van der Waals surface area contributed by atoms with Gasteiger partial charge >= 0.3 is 0 Å². The van der Waals surface area contributed by atoms with Gasteiger partial charge in [-0.2, -0.15) is 0 Å². The van der Waals surface area contributed by atoms with Gasteiger partial charge in [0, 0.05) is 30.6 Å². The van der Waals surface area contributed by atoms with Gasteiger partial charge in [-0.1, -0.05) is 22.4 Å². The zero-order valence-electron chi connectivity index (χ0n) is 10.3. The topological polar surface area (TPSA) is 20.3 Å². The van der Waals surface area contributed by atoms with Gasteiger partial charge in [0.2, 0.25) is 0 Å². The number of carbonyl (C=O) groups is 1. The molecule has 0 heterocycles. The summed E-state index contributed by atoms with van der Waals surface area (Å²) in [6, 6.07) is 2.87. The Morgan fingerprint density at radius 2 is 1.78 bits per heavy atom. The molecule has 0 saturated carbocycles. The van der Waals surface area contributed by atoms with E-state index >= 15 is 0 Å². The SMILES string of the molecule is CN(CCCCCBr)C(=O)c1cc(F)cc(F)c1. The van der Waals surface area contributed by atoms with Crippen LogP contribution in [0.2, 0.25) is 0 Å². The lowest BCUT2D eigenvalue weighted by molar-refractivity contribution is 0.0791. The number of nitrogens with zero attached hydrogens (tertiary/aromatic N) is 1. The molecule has 100 valence electrons. The fourth-order valence-electron chi connectivity index (χ4n) is 1.62. The number of benzene rings is 1. The fraction of sp³-hybridized carbons (Fsp3) is 0.462. The second-order valence-electron chi connectivity index (χ2n) is 4.13. The van der Waals surface area contributed by atoms with Crippen LogP contribution in [0.4, 0.5) is 8.78 Å². The van der Waals surface area contributed by atoms with Gasteiger partial charge < -0.3 is 4.90 Å². The van der Waals surface area contributed by atoms with Gasteiger partial charge in [0.1, 0.15) is 11.6 Å². The third-order valence-electron chi connectivity index (χ3n) is 2.58. The Morgan fingerprint density at radius 1 is 1.17 bits per heavy atom. The van der Waals surface area contributed by atoms with Crippen LogP contribution in [0.15, 0.2) is 18.2 Å². The number of amides is 1. The molecule has 1 aromatic rings. The third kappa shape index (κ3) is 4.72. The van der Waals surface area contributed by atoms with E-state index in [1.54, 1.807) is 7.05 Å². The van der Waals surface area contributed by atoms with Gasteiger partial charge in [0.25, 0.3) is 5.91 Å². The maximum absolute atomic E-state index is 13.0. The van der Waals surface area contributed by atoms with Crippen LogP contribution in [0.25, 0.3) is 0 Å². The maximum Gasteiger partial charge on any atom is 0.253 e. The summed E-state index contributed by atoms with van der Waals surface area (Å²) >= 11 is 3.33. The molecule has 0 fully saturated rings. The highest BCUT2D eigenvalue weighted by molar-refractivity contribution is 9.09. The second kappa shape index (κ2) is 7.46. The van der Waals surface area contributed by atoms with Gasteiger partial charge in [0.05, 0.1) is 0 Å². The van der Waals surface area contributed by atoms with Crippen LogP contribution in [-0.2, 0) is 0 Å². The molecule has 0 unspecified atom stereocenters. The molecule has 0 aliphatic rings. The molecule has 0 aliphatic heterocycles. The minimum Gasteiger partial charge on any atom is -0.342 e. The smallest absolute Gasteiger partial charge is 0.253 e. The van der Waals surface area contributed by atoms with E-state index in [2.05, 4.69) is 15.9 Å². The van der Waals surface area contributed by atoms with Crippen molar-refractivity contribution in [3.8, 4) is 0 Å². The van der Waals surface area contributed by atoms with Crippen molar-refractivity contribution in [2.45, 2.75) is 19.3 Å². The standard InChI is InChI=1S/C13H16BrF2NO/c1-17(6-4-2-3-5-14)13(18)10-7-11(15)9-12(16)8-10/h7-9H,2-6H2,1H3. The van der Waals surface area contributed by atoms with Crippen LogP contribution < -0.4 is 0 Å². The summed E-state index contributed by atoms with van der Waals surface area (Å²) in [5, 5.41) is 0.944. The van der Waals surface area contributed by atoms with Crippen molar-refractivity contribution in [2.24, 2.45) is 0 Å². The van der Waals surface area contributed by atoms with Crippen molar-refractivity contribution >= 4 is 21.8 Å². The monoisotopic (exact) mass is 319 g/mol. The molecule has 0 saturated heterocycles. The molecular weight excluding hydrogens is 304 g/mol. The molecule has 1 aromatic carbocycles. The zero-order valence-corrected chi connectivity index (χ0v) is 11.8. The van der Waals surface area contributed by atoms with E-state index < -0.39 is 11.6 Å². The van der Waals surface area contributed by atoms with Crippen molar-refractivity contribution in [2.75, 3.05) is 18.9 Å². The van der Waals surface area contributed by atoms with Crippen LogP contribution in [-0.4, -0.2) is 29.7 Å². The molecule has 0 aliphatic carbocycles. The fourth-order valence-corrected chi connectivity index (χ4v) is 2.02. The predicted molar refractivity (Wildman–Crippen MR) is 71.0 cm³/mol. The van der Waals surface area contributed by atoms with Crippen molar-refractivity contribution in [3.63, 3.8) is 0 Å². The Kier molecular flexibility index (Phi) is 6.25. The number of alkyl halides is 1. The van der Waals surface area contributed by atoms with Crippen molar-refractivity contribution in [1.29, 1.82) is 0 Å². The van der Waals surface area contributed by atoms with Gasteiger partial charge in [-0.15, -0.1) is 0 Å². The van der Waals surface area contributed by atoms with Crippen LogP contribution >= 0.6 is 15.9 Å². The van der Waals surface area contributed by atoms with Gasteiger partial charge in [-0.05, 0) is 25.0 Å². The first-order valence-electron chi connectivity index (χ1n) is 5.82. The van der Waals surface area contributed by atoms with Gasteiger partial charge in [0.15, 0.2) is 0 Å². The Labute approximate surface area is 114 Å². The first-order chi connectivity index (χ1) is 8.54. The minimum absolute atomic E-state index is 0.0514. The average Bonchev–Trinajstić information content (AvgIpc) is 2.32. The third-order valence-corrected chi connectivity index (χ3v) is 3.14. The zero-order chi connectivity index (χ0) is 13.5. The molecule has 5 heteroatoms. The van der Waals surface area contributed by atoms with Crippen molar-refractivity contribution in [1.82, 2.24) is 4.90 Å². The summed E-state index contributed by atoms with van der Waals surface area (Å²) in [5.74, 6) is -1.82. The molecule has 0 radical (unpaired) electrons. The predicted octanol–water partition coefficient (Wildman–Crippen LogP) is 3.60.